The fourth-order valence-electron chi connectivity index (χ4n) is 1.29. The molecular formula is C9H11F3N2O3. The second kappa shape index (κ2) is 5.17. The molecule has 1 aliphatic rings. The number of halogens is 3. The van der Waals surface area contributed by atoms with Crippen molar-refractivity contribution < 1.29 is 28.2 Å². The van der Waals surface area contributed by atoms with E-state index in [0.717, 1.165) is 12.1 Å². The highest BCUT2D eigenvalue weighted by atomic mass is 19.4. The van der Waals surface area contributed by atoms with Gasteiger partial charge in [-0.05, 0) is 12.3 Å². The topological polar surface area (TPSA) is 86.2 Å². The Hall–Kier alpha value is -1.57. The van der Waals surface area contributed by atoms with Gasteiger partial charge in [0.2, 0.25) is 0 Å². The van der Waals surface area contributed by atoms with Crippen LogP contribution in [0.3, 0.4) is 0 Å². The van der Waals surface area contributed by atoms with Crippen LogP contribution in [0.4, 0.5) is 13.2 Å². The third-order valence-corrected chi connectivity index (χ3v) is 2.30. The van der Waals surface area contributed by atoms with Crippen LogP contribution >= 0.6 is 0 Å². The standard InChI is InChI=1S/C7H10N2O.C2HF3O2/c10-3-5-1-6(5)7-2-8-4-9-7;3-2(4,5)1(6)7/h2,4-6,10H,1,3H2,(H,8,9);(H,6,7). The third kappa shape index (κ3) is 4.06. The molecule has 0 saturated heterocycles. The van der Waals surface area contributed by atoms with Crippen molar-refractivity contribution in [2.24, 2.45) is 5.92 Å². The first-order valence-corrected chi connectivity index (χ1v) is 4.76. The van der Waals surface area contributed by atoms with E-state index in [1.807, 2.05) is 6.20 Å². The first kappa shape index (κ1) is 13.5. The first-order chi connectivity index (χ1) is 7.86. The molecule has 0 bridgehead atoms. The Morgan fingerprint density at radius 2 is 2.18 bits per heavy atom. The number of aliphatic hydroxyl groups is 1. The monoisotopic (exact) mass is 252 g/mol. The van der Waals surface area contributed by atoms with E-state index in [4.69, 9.17) is 15.0 Å². The van der Waals surface area contributed by atoms with Crippen LogP contribution in [0.2, 0.25) is 0 Å². The summed E-state index contributed by atoms with van der Waals surface area (Å²) in [5.41, 5.74) is 1.10. The number of carboxylic acid groups (broad SMARTS) is 1. The van der Waals surface area contributed by atoms with Gasteiger partial charge in [-0.3, -0.25) is 0 Å². The van der Waals surface area contributed by atoms with E-state index in [2.05, 4.69) is 9.97 Å². The Labute approximate surface area is 94.3 Å². The second-order valence-corrected chi connectivity index (χ2v) is 3.58. The number of alkyl halides is 3. The highest BCUT2D eigenvalue weighted by molar-refractivity contribution is 5.73. The molecule has 0 spiro atoms. The molecule has 0 radical (unpaired) electrons. The van der Waals surface area contributed by atoms with Crippen molar-refractivity contribution in [2.75, 3.05) is 6.61 Å². The highest BCUT2D eigenvalue weighted by Crippen LogP contribution is 2.45. The Balaban J connectivity index is 0.000000185. The van der Waals surface area contributed by atoms with Gasteiger partial charge >= 0.3 is 12.1 Å². The zero-order chi connectivity index (χ0) is 13.1. The van der Waals surface area contributed by atoms with Gasteiger partial charge in [0.05, 0.1) is 12.0 Å². The maximum atomic E-state index is 10.6. The minimum atomic E-state index is -5.08. The Morgan fingerprint density at radius 1 is 1.59 bits per heavy atom. The van der Waals surface area contributed by atoms with Gasteiger partial charge in [0, 0.05) is 18.7 Å². The number of hydrogen-bond acceptors (Lipinski definition) is 3. The third-order valence-electron chi connectivity index (χ3n) is 2.30. The predicted molar refractivity (Wildman–Crippen MR) is 50.2 cm³/mol. The zero-order valence-corrected chi connectivity index (χ0v) is 8.61. The molecule has 1 aromatic rings. The summed E-state index contributed by atoms with van der Waals surface area (Å²) >= 11 is 0. The summed E-state index contributed by atoms with van der Waals surface area (Å²) in [7, 11) is 0. The van der Waals surface area contributed by atoms with Crippen LogP contribution in [0.25, 0.3) is 0 Å². The van der Waals surface area contributed by atoms with Crippen LogP contribution < -0.4 is 0 Å². The molecule has 17 heavy (non-hydrogen) atoms. The van der Waals surface area contributed by atoms with Crippen molar-refractivity contribution in [3.05, 3.63) is 18.2 Å². The van der Waals surface area contributed by atoms with Gasteiger partial charge < -0.3 is 15.2 Å². The molecule has 0 aromatic carbocycles. The van der Waals surface area contributed by atoms with E-state index in [1.54, 1.807) is 6.33 Å². The fourth-order valence-corrected chi connectivity index (χ4v) is 1.29. The number of aliphatic carboxylic acids is 1. The van der Waals surface area contributed by atoms with Crippen molar-refractivity contribution in [2.45, 2.75) is 18.5 Å². The first-order valence-electron chi connectivity index (χ1n) is 4.76. The van der Waals surface area contributed by atoms with Crippen LogP contribution in [-0.2, 0) is 4.79 Å². The number of imidazole rings is 1. The largest absolute Gasteiger partial charge is 0.490 e. The molecule has 96 valence electrons. The number of hydrogen-bond donors (Lipinski definition) is 3. The maximum Gasteiger partial charge on any atom is 0.490 e. The second-order valence-electron chi connectivity index (χ2n) is 3.58. The maximum absolute atomic E-state index is 10.6. The summed E-state index contributed by atoms with van der Waals surface area (Å²) in [6.45, 7) is 0.303. The number of aromatic nitrogens is 2. The van der Waals surface area contributed by atoms with Gasteiger partial charge in [0.25, 0.3) is 0 Å². The molecule has 1 fully saturated rings. The Bertz CT molecular complexity index is 364. The highest BCUT2D eigenvalue weighted by Gasteiger charge is 2.39. The van der Waals surface area contributed by atoms with E-state index in [9.17, 15) is 13.2 Å². The zero-order valence-electron chi connectivity index (χ0n) is 8.61. The van der Waals surface area contributed by atoms with Crippen LogP contribution in [-0.4, -0.2) is 38.9 Å². The van der Waals surface area contributed by atoms with Crippen molar-refractivity contribution in [1.29, 1.82) is 0 Å². The molecule has 1 aromatic heterocycles. The number of aromatic amines is 1. The molecule has 2 unspecified atom stereocenters. The quantitative estimate of drug-likeness (QED) is 0.736. The Kier molecular flexibility index (Phi) is 4.11. The predicted octanol–water partition coefficient (Wildman–Crippen LogP) is 1.14. The van der Waals surface area contributed by atoms with Crippen molar-refractivity contribution in [3.63, 3.8) is 0 Å². The molecule has 8 heteroatoms. The number of nitrogens with zero attached hydrogens (tertiary/aromatic N) is 1. The van der Waals surface area contributed by atoms with Gasteiger partial charge in [0.1, 0.15) is 0 Å². The molecule has 0 aliphatic heterocycles. The van der Waals surface area contributed by atoms with Crippen LogP contribution in [0, 0.1) is 5.92 Å². The number of carboxylic acids is 1. The SMILES string of the molecule is O=C(O)C(F)(F)F.OCC1CC1c1c[nH]cn1. The average Bonchev–Trinajstić information content (AvgIpc) is 2.82. The lowest BCUT2D eigenvalue weighted by Crippen LogP contribution is -2.21. The van der Waals surface area contributed by atoms with Gasteiger partial charge in [0.15, 0.2) is 0 Å². The summed E-state index contributed by atoms with van der Waals surface area (Å²) in [5.74, 6) is -1.76. The summed E-state index contributed by atoms with van der Waals surface area (Å²) in [6, 6.07) is 0. The van der Waals surface area contributed by atoms with E-state index >= 15 is 0 Å². The van der Waals surface area contributed by atoms with Crippen LogP contribution in [0.5, 0.6) is 0 Å². The summed E-state index contributed by atoms with van der Waals surface area (Å²) in [5, 5.41) is 15.9. The lowest BCUT2D eigenvalue weighted by molar-refractivity contribution is -0.192. The molecule has 3 N–H and O–H groups in total. The number of H-pyrrole nitrogens is 1. The van der Waals surface area contributed by atoms with Crippen LogP contribution in [0.1, 0.15) is 18.0 Å². The molecule has 0 amide bonds. The summed E-state index contributed by atoms with van der Waals surface area (Å²) in [6.07, 6.45) is -0.399. The molecule has 2 rings (SSSR count). The molecule has 1 saturated carbocycles. The average molecular weight is 252 g/mol. The van der Waals surface area contributed by atoms with Crippen LogP contribution in [0.15, 0.2) is 12.5 Å². The van der Waals surface area contributed by atoms with Gasteiger partial charge in [-0.15, -0.1) is 0 Å². The summed E-state index contributed by atoms with van der Waals surface area (Å²) < 4.78 is 31.7. The van der Waals surface area contributed by atoms with Gasteiger partial charge in [-0.1, -0.05) is 0 Å². The van der Waals surface area contributed by atoms with E-state index < -0.39 is 12.1 Å². The lowest BCUT2D eigenvalue weighted by atomic mass is 10.2. The normalized spacial score (nSPS) is 22.6. The Morgan fingerprint density at radius 3 is 2.47 bits per heavy atom. The molecule has 5 nitrogen and oxygen atoms in total. The molecule has 1 aliphatic carbocycles. The van der Waals surface area contributed by atoms with Crippen molar-refractivity contribution in [3.8, 4) is 0 Å². The smallest absolute Gasteiger partial charge is 0.475 e. The number of aliphatic hydroxyl groups excluding tert-OH is 1. The lowest BCUT2D eigenvalue weighted by Gasteiger charge is -1.93. The number of rotatable bonds is 2. The van der Waals surface area contributed by atoms with Crippen molar-refractivity contribution in [1.82, 2.24) is 9.97 Å². The fraction of sp³-hybridized carbons (Fsp3) is 0.556. The van der Waals surface area contributed by atoms with E-state index in [1.165, 1.54) is 0 Å². The summed E-state index contributed by atoms with van der Waals surface area (Å²) in [4.78, 5) is 15.9. The number of nitrogens with one attached hydrogen (secondary N) is 1. The minimum absolute atomic E-state index is 0.303. The van der Waals surface area contributed by atoms with Gasteiger partial charge in [-0.25, -0.2) is 9.78 Å². The van der Waals surface area contributed by atoms with E-state index in [-0.39, 0.29) is 0 Å². The molecular weight excluding hydrogens is 241 g/mol. The molecule has 2 atom stereocenters. The molecule has 1 heterocycles. The van der Waals surface area contributed by atoms with E-state index in [0.29, 0.717) is 18.4 Å². The van der Waals surface area contributed by atoms with Crippen molar-refractivity contribution >= 4 is 5.97 Å². The van der Waals surface area contributed by atoms with Gasteiger partial charge in [-0.2, -0.15) is 13.2 Å². The number of carbonyl (C=O) groups is 1. The minimum Gasteiger partial charge on any atom is -0.475 e.